The Balaban J connectivity index is 1.88. The number of rotatable bonds is 3. The van der Waals surface area contributed by atoms with E-state index in [0.717, 1.165) is 25.7 Å². The standard InChI is InChI=1S/C15H17F4NO/c1-20-10-7-11(15(10)4-2-3-5-15)21-14-12(18)8(16)6-9(17)13(14)19/h6,10-11,20H,2-5,7H2,1H3. The average Bonchev–Trinajstić information content (AvgIpc) is 2.96. The fraction of sp³-hybridized carbons (Fsp3) is 0.600. The van der Waals surface area contributed by atoms with Gasteiger partial charge in [0, 0.05) is 23.9 Å². The first kappa shape index (κ1) is 14.6. The summed E-state index contributed by atoms with van der Waals surface area (Å²) in [6, 6.07) is 0.412. The van der Waals surface area contributed by atoms with Gasteiger partial charge in [0.25, 0.3) is 0 Å². The number of hydrogen-bond acceptors (Lipinski definition) is 2. The molecule has 2 fully saturated rings. The predicted octanol–water partition coefficient (Wildman–Crippen LogP) is 3.54. The zero-order valence-electron chi connectivity index (χ0n) is 11.7. The van der Waals surface area contributed by atoms with Crippen LogP contribution in [0.25, 0.3) is 0 Å². The summed E-state index contributed by atoms with van der Waals surface area (Å²) in [5, 5.41) is 3.19. The van der Waals surface area contributed by atoms with Crippen molar-refractivity contribution in [3.63, 3.8) is 0 Å². The van der Waals surface area contributed by atoms with Crippen LogP contribution in [0.15, 0.2) is 6.07 Å². The summed E-state index contributed by atoms with van der Waals surface area (Å²) < 4.78 is 59.2. The van der Waals surface area contributed by atoms with E-state index >= 15 is 0 Å². The van der Waals surface area contributed by atoms with Gasteiger partial charge in [-0.1, -0.05) is 12.8 Å². The molecule has 0 aromatic heterocycles. The van der Waals surface area contributed by atoms with Gasteiger partial charge in [-0.3, -0.25) is 0 Å². The van der Waals surface area contributed by atoms with E-state index in [0.29, 0.717) is 6.42 Å². The Labute approximate surface area is 120 Å². The highest BCUT2D eigenvalue weighted by atomic mass is 19.2. The minimum atomic E-state index is -1.46. The normalized spacial score (nSPS) is 26.9. The van der Waals surface area contributed by atoms with E-state index in [4.69, 9.17) is 4.74 Å². The van der Waals surface area contributed by atoms with Crippen LogP contribution in [-0.2, 0) is 0 Å². The van der Waals surface area contributed by atoms with Crippen molar-refractivity contribution in [2.45, 2.75) is 44.2 Å². The molecule has 0 amide bonds. The van der Waals surface area contributed by atoms with Crippen molar-refractivity contribution in [1.29, 1.82) is 0 Å². The lowest BCUT2D eigenvalue weighted by atomic mass is 9.60. The molecule has 2 nitrogen and oxygen atoms in total. The molecule has 2 aliphatic carbocycles. The highest BCUT2D eigenvalue weighted by Gasteiger charge is 2.57. The Morgan fingerprint density at radius 3 is 2.19 bits per heavy atom. The number of ether oxygens (including phenoxy) is 1. The second-order valence-corrected chi connectivity index (χ2v) is 5.92. The third kappa shape index (κ3) is 2.11. The van der Waals surface area contributed by atoms with Crippen LogP contribution < -0.4 is 10.1 Å². The van der Waals surface area contributed by atoms with Crippen LogP contribution in [0.5, 0.6) is 5.75 Å². The van der Waals surface area contributed by atoms with E-state index in [1.54, 1.807) is 0 Å². The smallest absolute Gasteiger partial charge is 0.203 e. The lowest BCUT2D eigenvalue weighted by Gasteiger charge is -2.53. The lowest BCUT2D eigenvalue weighted by Crippen LogP contribution is -2.63. The molecule has 0 aliphatic heterocycles. The van der Waals surface area contributed by atoms with E-state index in [1.165, 1.54) is 0 Å². The summed E-state index contributed by atoms with van der Waals surface area (Å²) in [4.78, 5) is 0. The average molecular weight is 303 g/mol. The summed E-state index contributed by atoms with van der Waals surface area (Å²) in [6.07, 6.45) is 4.01. The zero-order chi connectivity index (χ0) is 15.2. The molecule has 0 radical (unpaired) electrons. The van der Waals surface area contributed by atoms with Gasteiger partial charge in [0.2, 0.25) is 11.6 Å². The maximum Gasteiger partial charge on any atom is 0.203 e. The zero-order valence-corrected chi connectivity index (χ0v) is 11.7. The van der Waals surface area contributed by atoms with Crippen molar-refractivity contribution in [2.75, 3.05) is 7.05 Å². The van der Waals surface area contributed by atoms with Gasteiger partial charge < -0.3 is 10.1 Å². The van der Waals surface area contributed by atoms with E-state index in [1.807, 2.05) is 7.05 Å². The Morgan fingerprint density at radius 2 is 1.67 bits per heavy atom. The molecule has 116 valence electrons. The van der Waals surface area contributed by atoms with Gasteiger partial charge in [0.15, 0.2) is 17.4 Å². The molecule has 0 bridgehead atoms. The van der Waals surface area contributed by atoms with E-state index in [2.05, 4.69) is 5.32 Å². The monoisotopic (exact) mass is 303 g/mol. The van der Waals surface area contributed by atoms with Crippen molar-refractivity contribution >= 4 is 0 Å². The summed E-state index contributed by atoms with van der Waals surface area (Å²) >= 11 is 0. The van der Waals surface area contributed by atoms with Crippen LogP contribution in [0, 0.1) is 28.7 Å². The molecule has 21 heavy (non-hydrogen) atoms. The molecule has 2 saturated carbocycles. The molecular weight excluding hydrogens is 286 g/mol. The summed E-state index contributed by atoms with van der Waals surface area (Å²) in [5.74, 6) is -6.73. The number of hydrogen-bond donors (Lipinski definition) is 1. The minimum absolute atomic E-state index is 0.184. The molecule has 0 saturated heterocycles. The molecule has 1 aromatic carbocycles. The van der Waals surface area contributed by atoms with Crippen LogP contribution >= 0.6 is 0 Å². The van der Waals surface area contributed by atoms with Crippen LogP contribution in [0.4, 0.5) is 17.6 Å². The van der Waals surface area contributed by atoms with Crippen molar-refractivity contribution in [1.82, 2.24) is 5.32 Å². The van der Waals surface area contributed by atoms with Crippen molar-refractivity contribution in [3.05, 3.63) is 29.3 Å². The Kier molecular flexibility index (Phi) is 3.59. The second-order valence-electron chi connectivity index (χ2n) is 5.92. The number of halogens is 4. The summed E-state index contributed by atoms with van der Waals surface area (Å²) in [6.45, 7) is 0. The largest absolute Gasteiger partial charge is 0.484 e. The van der Waals surface area contributed by atoms with Gasteiger partial charge in [-0.15, -0.1) is 0 Å². The van der Waals surface area contributed by atoms with Crippen LogP contribution in [0.2, 0.25) is 0 Å². The van der Waals surface area contributed by atoms with Gasteiger partial charge >= 0.3 is 0 Å². The van der Waals surface area contributed by atoms with Crippen LogP contribution in [0.3, 0.4) is 0 Å². The molecule has 6 heteroatoms. The molecule has 3 rings (SSSR count). The topological polar surface area (TPSA) is 21.3 Å². The second kappa shape index (κ2) is 5.16. The molecule has 0 heterocycles. The summed E-state index contributed by atoms with van der Waals surface area (Å²) in [5.41, 5.74) is -0.184. The fourth-order valence-corrected chi connectivity index (χ4v) is 3.82. The fourth-order valence-electron chi connectivity index (χ4n) is 3.82. The Bertz CT molecular complexity index is 531. The quantitative estimate of drug-likeness (QED) is 0.681. The molecule has 2 atom stereocenters. The highest BCUT2D eigenvalue weighted by Crippen LogP contribution is 2.54. The van der Waals surface area contributed by atoms with Crippen molar-refractivity contribution < 1.29 is 22.3 Å². The minimum Gasteiger partial charge on any atom is -0.484 e. The molecule has 1 aromatic rings. The summed E-state index contributed by atoms with van der Waals surface area (Å²) in [7, 11) is 1.84. The predicted molar refractivity (Wildman–Crippen MR) is 69.1 cm³/mol. The van der Waals surface area contributed by atoms with Crippen LogP contribution in [0.1, 0.15) is 32.1 Å². The highest BCUT2D eigenvalue weighted by molar-refractivity contribution is 5.30. The molecule has 2 unspecified atom stereocenters. The molecular formula is C15H17F4NO. The Morgan fingerprint density at radius 1 is 1.10 bits per heavy atom. The third-order valence-electron chi connectivity index (χ3n) is 5.00. The molecule has 1 spiro atoms. The van der Waals surface area contributed by atoms with E-state index in [-0.39, 0.29) is 17.5 Å². The first-order valence-corrected chi connectivity index (χ1v) is 7.16. The number of benzene rings is 1. The van der Waals surface area contributed by atoms with Gasteiger partial charge in [-0.2, -0.15) is 8.78 Å². The van der Waals surface area contributed by atoms with E-state index in [9.17, 15) is 17.6 Å². The van der Waals surface area contributed by atoms with Crippen molar-refractivity contribution in [2.24, 2.45) is 5.41 Å². The third-order valence-corrected chi connectivity index (χ3v) is 5.00. The van der Waals surface area contributed by atoms with Crippen LogP contribution in [-0.4, -0.2) is 19.2 Å². The maximum absolute atomic E-state index is 13.7. The van der Waals surface area contributed by atoms with Crippen molar-refractivity contribution in [3.8, 4) is 5.75 Å². The lowest BCUT2D eigenvalue weighted by molar-refractivity contribution is -0.0772. The van der Waals surface area contributed by atoms with Gasteiger partial charge in [-0.25, -0.2) is 8.78 Å². The molecule has 2 aliphatic rings. The van der Waals surface area contributed by atoms with Gasteiger partial charge in [0.1, 0.15) is 6.10 Å². The van der Waals surface area contributed by atoms with Gasteiger partial charge in [0.05, 0.1) is 0 Å². The first-order chi connectivity index (χ1) is 9.99. The Hall–Kier alpha value is -1.30. The number of nitrogens with one attached hydrogen (secondary N) is 1. The van der Waals surface area contributed by atoms with E-state index < -0.39 is 35.1 Å². The van der Waals surface area contributed by atoms with Gasteiger partial charge in [-0.05, 0) is 19.9 Å². The SMILES string of the molecule is CNC1CC(Oc2c(F)c(F)cc(F)c2F)C12CCCC2. The molecule has 1 N–H and O–H groups in total. The first-order valence-electron chi connectivity index (χ1n) is 7.16. The maximum atomic E-state index is 13.7.